The third-order valence-corrected chi connectivity index (χ3v) is 5.91. The predicted molar refractivity (Wildman–Crippen MR) is 125 cm³/mol. The molecule has 174 valence electrons. The van der Waals surface area contributed by atoms with Gasteiger partial charge in [-0.15, -0.1) is 0 Å². The molecule has 1 aliphatic heterocycles. The monoisotopic (exact) mass is 459 g/mol. The van der Waals surface area contributed by atoms with Gasteiger partial charge < -0.3 is 25.7 Å². The van der Waals surface area contributed by atoms with Crippen molar-refractivity contribution in [2.75, 3.05) is 13.7 Å². The predicted octanol–water partition coefficient (Wildman–Crippen LogP) is 2.18. The van der Waals surface area contributed by atoms with Crippen LogP contribution in [-0.4, -0.2) is 42.4 Å². The van der Waals surface area contributed by atoms with Crippen LogP contribution in [0.1, 0.15) is 34.9 Å². The van der Waals surface area contributed by atoms with E-state index in [-0.39, 0.29) is 23.9 Å². The van der Waals surface area contributed by atoms with Crippen LogP contribution < -0.4 is 20.7 Å². The Labute approximate surface area is 196 Å². The topological polar surface area (TPSA) is 136 Å². The van der Waals surface area contributed by atoms with Gasteiger partial charge in [-0.3, -0.25) is 14.4 Å². The van der Waals surface area contributed by atoms with Gasteiger partial charge in [-0.25, -0.2) is 0 Å². The Morgan fingerprint density at radius 2 is 1.97 bits per heavy atom. The molecule has 1 aromatic heterocycles. The molecule has 4 rings (SSSR count). The fourth-order valence-corrected chi connectivity index (χ4v) is 4.14. The Kier molecular flexibility index (Phi) is 6.78. The van der Waals surface area contributed by atoms with E-state index in [1.54, 1.807) is 49.6 Å². The number of nitrogens with one attached hydrogen (secondary N) is 4. The largest absolute Gasteiger partial charge is 0.496 e. The van der Waals surface area contributed by atoms with Crippen LogP contribution in [0.2, 0.25) is 0 Å². The average molecular weight is 460 g/mol. The number of benzene rings is 2. The summed E-state index contributed by atoms with van der Waals surface area (Å²) in [5.74, 6) is -0.824. The Hall–Kier alpha value is -4.32. The lowest BCUT2D eigenvalue weighted by molar-refractivity contribution is -0.125. The number of H-pyrrole nitrogens is 1. The molecule has 0 radical (unpaired) electrons. The Bertz CT molecular complexity index is 1250. The van der Waals surface area contributed by atoms with Gasteiger partial charge in [0.25, 0.3) is 5.91 Å². The molecule has 1 aliphatic rings. The molecule has 0 saturated carbocycles. The number of amides is 3. The van der Waals surface area contributed by atoms with Crippen molar-refractivity contribution in [3.05, 3.63) is 65.9 Å². The van der Waals surface area contributed by atoms with Crippen molar-refractivity contribution >= 4 is 28.6 Å². The van der Waals surface area contributed by atoms with Crippen LogP contribution in [0, 0.1) is 17.2 Å². The summed E-state index contributed by atoms with van der Waals surface area (Å²) in [5, 5.41) is 18.5. The first kappa shape index (κ1) is 22.9. The number of nitrogens with zero attached hydrogens (tertiary/aromatic N) is 1. The fourth-order valence-electron chi connectivity index (χ4n) is 4.14. The van der Waals surface area contributed by atoms with Crippen molar-refractivity contribution in [1.82, 2.24) is 20.9 Å². The van der Waals surface area contributed by atoms with Gasteiger partial charge in [0.2, 0.25) is 11.8 Å². The second-order valence-electron chi connectivity index (χ2n) is 8.12. The molecular formula is C25H25N5O4. The van der Waals surface area contributed by atoms with Crippen LogP contribution in [-0.2, 0) is 9.59 Å². The molecule has 9 nitrogen and oxygen atoms in total. The quantitative estimate of drug-likeness (QED) is 0.409. The van der Waals surface area contributed by atoms with Gasteiger partial charge in [0.05, 0.1) is 13.2 Å². The number of ether oxygens (including phenoxy) is 1. The standard InChI is InChI=1S/C25H25N5O4/c1-34-21-9-5-8-19-18(21)13-20(29-19)24(32)30-22(15-6-3-2-4-7-15)25(33)28-17(14-26)12-16-10-11-27-23(16)31/h2-9,13,16-17,22,29H,10-12H2,1H3,(H,27,31)(H,28,33)(H,30,32)/t16-,17-,22-/m0/s1. The zero-order valence-electron chi connectivity index (χ0n) is 18.6. The maximum Gasteiger partial charge on any atom is 0.268 e. The van der Waals surface area contributed by atoms with E-state index in [0.717, 1.165) is 10.9 Å². The third-order valence-electron chi connectivity index (χ3n) is 5.91. The lowest BCUT2D eigenvalue weighted by Crippen LogP contribution is -2.45. The number of hydrogen-bond donors (Lipinski definition) is 4. The van der Waals surface area contributed by atoms with E-state index in [9.17, 15) is 19.6 Å². The first-order chi connectivity index (χ1) is 16.5. The van der Waals surface area contributed by atoms with Gasteiger partial charge in [0.15, 0.2) is 0 Å². The highest BCUT2D eigenvalue weighted by atomic mass is 16.5. The number of aromatic nitrogens is 1. The average Bonchev–Trinajstić information content (AvgIpc) is 3.48. The van der Waals surface area contributed by atoms with Crippen molar-refractivity contribution in [3.8, 4) is 11.8 Å². The van der Waals surface area contributed by atoms with E-state index in [1.807, 2.05) is 12.1 Å². The van der Waals surface area contributed by atoms with E-state index in [1.165, 1.54) is 0 Å². The first-order valence-corrected chi connectivity index (χ1v) is 11.0. The maximum absolute atomic E-state index is 13.2. The number of fused-ring (bicyclic) bond motifs is 1. The minimum Gasteiger partial charge on any atom is -0.496 e. The fraction of sp³-hybridized carbons (Fsp3) is 0.280. The van der Waals surface area contributed by atoms with Gasteiger partial charge in [-0.05, 0) is 36.6 Å². The molecule has 34 heavy (non-hydrogen) atoms. The van der Waals surface area contributed by atoms with Crippen LogP contribution in [0.25, 0.3) is 10.9 Å². The highest BCUT2D eigenvalue weighted by Crippen LogP contribution is 2.26. The number of carbonyl (C=O) groups is 3. The van der Waals surface area contributed by atoms with Crippen LogP contribution in [0.5, 0.6) is 5.75 Å². The van der Waals surface area contributed by atoms with Gasteiger partial charge in [0.1, 0.15) is 23.5 Å². The third kappa shape index (κ3) is 4.86. The number of nitriles is 1. The summed E-state index contributed by atoms with van der Waals surface area (Å²) in [7, 11) is 1.55. The molecule has 9 heteroatoms. The van der Waals surface area contributed by atoms with Gasteiger partial charge in [-0.1, -0.05) is 36.4 Å². The smallest absolute Gasteiger partial charge is 0.268 e. The Morgan fingerprint density at radius 1 is 1.18 bits per heavy atom. The van der Waals surface area contributed by atoms with E-state index in [2.05, 4.69) is 27.0 Å². The normalized spacial score (nSPS) is 16.8. The summed E-state index contributed by atoms with van der Waals surface area (Å²) >= 11 is 0. The second kappa shape index (κ2) is 10.1. The lowest BCUT2D eigenvalue weighted by Gasteiger charge is -2.21. The van der Waals surface area contributed by atoms with Crippen LogP contribution in [0.4, 0.5) is 0 Å². The molecule has 0 aliphatic carbocycles. The number of hydrogen-bond acceptors (Lipinski definition) is 5. The molecule has 4 N–H and O–H groups in total. The second-order valence-corrected chi connectivity index (χ2v) is 8.12. The zero-order chi connectivity index (χ0) is 24.1. The molecule has 0 unspecified atom stereocenters. The molecule has 3 atom stereocenters. The molecule has 0 bridgehead atoms. The van der Waals surface area contributed by atoms with E-state index in [0.29, 0.717) is 24.3 Å². The minimum absolute atomic E-state index is 0.114. The van der Waals surface area contributed by atoms with Crippen molar-refractivity contribution in [2.45, 2.75) is 24.9 Å². The van der Waals surface area contributed by atoms with Crippen molar-refractivity contribution in [3.63, 3.8) is 0 Å². The number of carbonyl (C=O) groups excluding carboxylic acids is 3. The molecule has 1 saturated heterocycles. The van der Waals surface area contributed by atoms with Crippen molar-refractivity contribution in [1.29, 1.82) is 5.26 Å². The molecular weight excluding hydrogens is 434 g/mol. The molecule has 0 spiro atoms. The summed E-state index contributed by atoms with van der Waals surface area (Å²) < 4.78 is 5.35. The highest BCUT2D eigenvalue weighted by molar-refractivity contribution is 6.01. The highest BCUT2D eigenvalue weighted by Gasteiger charge is 2.30. The van der Waals surface area contributed by atoms with E-state index < -0.39 is 23.9 Å². The first-order valence-electron chi connectivity index (χ1n) is 11.0. The van der Waals surface area contributed by atoms with Crippen molar-refractivity contribution < 1.29 is 19.1 Å². The van der Waals surface area contributed by atoms with E-state index >= 15 is 0 Å². The molecule has 3 amide bonds. The van der Waals surface area contributed by atoms with Crippen LogP contribution >= 0.6 is 0 Å². The lowest BCUT2D eigenvalue weighted by atomic mass is 9.98. The van der Waals surface area contributed by atoms with Crippen LogP contribution in [0.15, 0.2) is 54.6 Å². The number of aromatic amines is 1. The van der Waals surface area contributed by atoms with Crippen molar-refractivity contribution in [2.24, 2.45) is 5.92 Å². The van der Waals surface area contributed by atoms with Gasteiger partial charge >= 0.3 is 0 Å². The molecule has 3 aromatic rings. The molecule has 2 aromatic carbocycles. The summed E-state index contributed by atoms with van der Waals surface area (Å²) in [6, 6.07) is 16.1. The van der Waals surface area contributed by atoms with E-state index in [4.69, 9.17) is 4.74 Å². The van der Waals surface area contributed by atoms with Gasteiger partial charge in [0, 0.05) is 23.4 Å². The Balaban J connectivity index is 1.54. The summed E-state index contributed by atoms with van der Waals surface area (Å²) in [5.41, 5.74) is 1.56. The minimum atomic E-state index is -1.03. The number of methoxy groups -OCH3 is 1. The van der Waals surface area contributed by atoms with Gasteiger partial charge in [-0.2, -0.15) is 5.26 Å². The summed E-state index contributed by atoms with van der Waals surface area (Å²) in [4.78, 5) is 41.2. The summed E-state index contributed by atoms with van der Waals surface area (Å²) in [6.07, 6.45) is 0.834. The summed E-state index contributed by atoms with van der Waals surface area (Å²) in [6.45, 7) is 0.563. The zero-order valence-corrected chi connectivity index (χ0v) is 18.6. The van der Waals surface area contributed by atoms with Crippen LogP contribution in [0.3, 0.4) is 0 Å². The molecule has 2 heterocycles. The number of rotatable bonds is 8. The molecule has 1 fully saturated rings. The maximum atomic E-state index is 13.2. The SMILES string of the molecule is COc1cccc2[nH]c(C(=O)N[C@H](C(=O)N[C@H](C#N)C[C@@H]3CCNC3=O)c3ccccc3)cc12. The Morgan fingerprint density at radius 3 is 2.65 bits per heavy atom.